The van der Waals surface area contributed by atoms with E-state index in [0.717, 1.165) is 25.9 Å². The molecule has 1 fully saturated rings. The van der Waals surface area contributed by atoms with E-state index in [9.17, 15) is 4.79 Å². The summed E-state index contributed by atoms with van der Waals surface area (Å²) < 4.78 is 0. The monoisotopic (exact) mass is 312 g/mol. The quantitative estimate of drug-likeness (QED) is 0.825. The van der Waals surface area contributed by atoms with Gasteiger partial charge in [-0.15, -0.1) is 0 Å². The lowest BCUT2D eigenvalue weighted by Gasteiger charge is -2.42. The van der Waals surface area contributed by atoms with Crippen molar-refractivity contribution in [2.24, 2.45) is 0 Å². The number of likely N-dealkylation sites (N-methyl/N-ethyl adjacent to an activating group) is 1. The number of rotatable bonds is 7. The molecule has 4 heteroatoms. The van der Waals surface area contributed by atoms with Crippen molar-refractivity contribution >= 4 is 16.7 Å². The van der Waals surface area contributed by atoms with Crippen molar-refractivity contribution in [3.8, 4) is 0 Å². The van der Waals surface area contributed by atoms with E-state index in [-0.39, 0.29) is 6.54 Å². The van der Waals surface area contributed by atoms with Crippen LogP contribution < -0.4 is 5.32 Å². The molecular weight excluding hydrogens is 288 g/mol. The molecule has 0 amide bonds. The van der Waals surface area contributed by atoms with E-state index in [0.29, 0.717) is 12.1 Å². The molecule has 0 saturated heterocycles. The number of carbonyl (C=O) groups is 1. The summed E-state index contributed by atoms with van der Waals surface area (Å²) in [6.07, 6.45) is 2.07. The molecule has 1 aliphatic carbocycles. The van der Waals surface area contributed by atoms with E-state index >= 15 is 0 Å². The number of aliphatic carboxylic acids is 1. The fraction of sp³-hybridized carbons (Fsp3) is 0.421. The van der Waals surface area contributed by atoms with Gasteiger partial charge in [0, 0.05) is 18.6 Å². The zero-order valence-electron chi connectivity index (χ0n) is 13.5. The van der Waals surface area contributed by atoms with Gasteiger partial charge < -0.3 is 10.4 Å². The minimum Gasteiger partial charge on any atom is -0.480 e. The SMILES string of the molecule is CCN(CC(=O)O)C1CC(NCc2ccc3ccccc3c2)C1. The molecule has 122 valence electrons. The van der Waals surface area contributed by atoms with Gasteiger partial charge in [-0.05, 0) is 41.8 Å². The van der Waals surface area contributed by atoms with Crippen LogP contribution in [0.3, 0.4) is 0 Å². The minimum atomic E-state index is -0.737. The first-order valence-corrected chi connectivity index (χ1v) is 8.32. The van der Waals surface area contributed by atoms with E-state index < -0.39 is 5.97 Å². The number of carboxylic acid groups (broad SMARTS) is 1. The molecule has 0 spiro atoms. The van der Waals surface area contributed by atoms with Crippen LogP contribution >= 0.6 is 0 Å². The molecular formula is C19H24N2O2. The third kappa shape index (κ3) is 3.89. The van der Waals surface area contributed by atoms with Crippen LogP contribution in [0.25, 0.3) is 10.8 Å². The lowest BCUT2D eigenvalue weighted by molar-refractivity contribution is -0.139. The van der Waals surface area contributed by atoms with E-state index in [2.05, 4.69) is 52.7 Å². The van der Waals surface area contributed by atoms with Crippen molar-refractivity contribution in [1.29, 1.82) is 0 Å². The molecule has 0 heterocycles. The van der Waals surface area contributed by atoms with Gasteiger partial charge in [0.1, 0.15) is 0 Å². The van der Waals surface area contributed by atoms with Crippen LogP contribution in [0.2, 0.25) is 0 Å². The first-order chi connectivity index (χ1) is 11.2. The first kappa shape index (κ1) is 16.0. The van der Waals surface area contributed by atoms with E-state index in [1.807, 2.05) is 6.92 Å². The molecule has 0 aliphatic heterocycles. The Bertz CT molecular complexity index is 680. The van der Waals surface area contributed by atoms with Gasteiger partial charge in [-0.3, -0.25) is 9.69 Å². The molecule has 0 radical (unpaired) electrons. The Morgan fingerprint density at radius 2 is 1.96 bits per heavy atom. The van der Waals surface area contributed by atoms with Gasteiger partial charge in [-0.1, -0.05) is 43.3 Å². The fourth-order valence-corrected chi connectivity index (χ4v) is 3.34. The Hall–Kier alpha value is -1.91. The number of hydrogen-bond donors (Lipinski definition) is 2. The molecule has 0 bridgehead atoms. The van der Waals surface area contributed by atoms with Gasteiger partial charge in [-0.2, -0.15) is 0 Å². The maximum atomic E-state index is 10.9. The normalized spacial score (nSPS) is 20.6. The molecule has 23 heavy (non-hydrogen) atoms. The second-order valence-electron chi connectivity index (χ2n) is 6.34. The smallest absolute Gasteiger partial charge is 0.317 e. The van der Waals surface area contributed by atoms with Crippen LogP contribution in [-0.2, 0) is 11.3 Å². The highest BCUT2D eigenvalue weighted by Gasteiger charge is 2.33. The van der Waals surface area contributed by atoms with Crippen LogP contribution in [0.5, 0.6) is 0 Å². The second kappa shape index (κ2) is 7.11. The Morgan fingerprint density at radius 3 is 2.65 bits per heavy atom. The van der Waals surface area contributed by atoms with Crippen LogP contribution in [0, 0.1) is 0 Å². The summed E-state index contributed by atoms with van der Waals surface area (Å²) in [5.74, 6) is -0.737. The number of nitrogens with one attached hydrogen (secondary N) is 1. The summed E-state index contributed by atoms with van der Waals surface area (Å²) >= 11 is 0. The van der Waals surface area contributed by atoms with Crippen LogP contribution in [0.4, 0.5) is 0 Å². The molecule has 3 rings (SSSR count). The van der Waals surface area contributed by atoms with Gasteiger partial charge in [0.25, 0.3) is 0 Å². The maximum absolute atomic E-state index is 10.9. The Balaban J connectivity index is 1.49. The lowest BCUT2D eigenvalue weighted by atomic mass is 9.85. The minimum absolute atomic E-state index is 0.151. The van der Waals surface area contributed by atoms with E-state index in [4.69, 9.17) is 5.11 Å². The number of nitrogens with zero attached hydrogens (tertiary/aromatic N) is 1. The van der Waals surface area contributed by atoms with Crippen molar-refractivity contribution in [2.75, 3.05) is 13.1 Å². The fourth-order valence-electron chi connectivity index (χ4n) is 3.34. The van der Waals surface area contributed by atoms with Crippen molar-refractivity contribution < 1.29 is 9.90 Å². The summed E-state index contributed by atoms with van der Waals surface area (Å²) in [5.41, 5.74) is 1.30. The molecule has 1 saturated carbocycles. The molecule has 2 aromatic carbocycles. The Morgan fingerprint density at radius 1 is 1.22 bits per heavy atom. The number of fused-ring (bicyclic) bond motifs is 1. The molecule has 1 aliphatic rings. The summed E-state index contributed by atoms with van der Waals surface area (Å²) in [7, 11) is 0. The summed E-state index contributed by atoms with van der Waals surface area (Å²) in [5, 5.41) is 15.1. The Kier molecular flexibility index (Phi) is 4.94. The van der Waals surface area contributed by atoms with Crippen LogP contribution in [0.15, 0.2) is 42.5 Å². The van der Waals surface area contributed by atoms with Crippen molar-refractivity contribution in [1.82, 2.24) is 10.2 Å². The van der Waals surface area contributed by atoms with Crippen molar-refractivity contribution in [2.45, 2.75) is 38.4 Å². The standard InChI is InChI=1S/C19H24N2O2/c1-2-21(13-19(22)23)18-10-17(11-18)20-12-14-7-8-15-5-3-4-6-16(15)9-14/h3-9,17-18,20H,2,10-13H2,1H3,(H,22,23). The summed E-state index contributed by atoms with van der Waals surface area (Å²) in [4.78, 5) is 12.9. The van der Waals surface area contributed by atoms with Gasteiger partial charge in [0.2, 0.25) is 0 Å². The molecule has 0 unspecified atom stereocenters. The average molecular weight is 312 g/mol. The maximum Gasteiger partial charge on any atom is 0.317 e. The Labute approximate surface area is 137 Å². The van der Waals surface area contributed by atoms with Crippen LogP contribution in [-0.4, -0.2) is 41.1 Å². The highest BCUT2D eigenvalue weighted by atomic mass is 16.4. The summed E-state index contributed by atoms with van der Waals surface area (Å²) in [6.45, 7) is 3.85. The zero-order valence-corrected chi connectivity index (χ0v) is 13.5. The summed E-state index contributed by atoms with van der Waals surface area (Å²) in [6, 6.07) is 15.9. The molecule has 2 aromatic rings. The molecule has 0 aromatic heterocycles. The van der Waals surface area contributed by atoms with Crippen LogP contribution in [0.1, 0.15) is 25.3 Å². The van der Waals surface area contributed by atoms with Gasteiger partial charge in [0.15, 0.2) is 0 Å². The number of hydrogen-bond acceptors (Lipinski definition) is 3. The third-order valence-electron chi connectivity index (χ3n) is 4.78. The molecule has 4 nitrogen and oxygen atoms in total. The average Bonchev–Trinajstić information content (AvgIpc) is 2.51. The topological polar surface area (TPSA) is 52.6 Å². The highest BCUT2D eigenvalue weighted by Crippen LogP contribution is 2.26. The van der Waals surface area contributed by atoms with E-state index in [1.54, 1.807) is 0 Å². The number of benzene rings is 2. The van der Waals surface area contributed by atoms with Crippen molar-refractivity contribution in [3.05, 3.63) is 48.0 Å². The van der Waals surface area contributed by atoms with Gasteiger partial charge >= 0.3 is 5.97 Å². The largest absolute Gasteiger partial charge is 0.480 e. The zero-order chi connectivity index (χ0) is 16.2. The van der Waals surface area contributed by atoms with E-state index in [1.165, 1.54) is 16.3 Å². The van der Waals surface area contributed by atoms with Crippen molar-refractivity contribution in [3.63, 3.8) is 0 Å². The second-order valence-corrected chi connectivity index (χ2v) is 6.34. The number of carboxylic acids is 1. The predicted octanol–water partition coefficient (Wildman–Crippen LogP) is 2.87. The third-order valence-corrected chi connectivity index (χ3v) is 4.78. The van der Waals surface area contributed by atoms with Gasteiger partial charge in [0.05, 0.1) is 6.54 Å². The lowest BCUT2D eigenvalue weighted by Crippen LogP contribution is -2.53. The highest BCUT2D eigenvalue weighted by molar-refractivity contribution is 5.82. The van der Waals surface area contributed by atoms with Gasteiger partial charge in [-0.25, -0.2) is 0 Å². The first-order valence-electron chi connectivity index (χ1n) is 8.32. The predicted molar refractivity (Wildman–Crippen MR) is 92.5 cm³/mol. The molecule has 2 N–H and O–H groups in total. The molecule has 0 atom stereocenters.